The largest absolute Gasteiger partial charge is 0.490 e. The molecule has 4 aliphatic rings. The zero-order chi connectivity index (χ0) is 47.1. The molecular weight excluding hydrogens is 797 g/mol. The first-order valence-corrected chi connectivity index (χ1v) is 23.7. The molecule has 7 nitrogen and oxygen atoms in total. The van der Waals surface area contributed by atoms with Crippen molar-refractivity contribution >= 4 is 21.5 Å². The fraction of sp³-hybridized carbons (Fsp3) is 0.579. The quantitative estimate of drug-likeness (QED) is 0.112. The number of hydrogen-bond donors (Lipinski definition) is 1. The minimum Gasteiger partial charge on any atom is -0.490 e. The van der Waals surface area contributed by atoms with Gasteiger partial charge in [-0.1, -0.05) is 77.7 Å². The van der Waals surface area contributed by atoms with Gasteiger partial charge in [-0.05, 0) is 128 Å². The summed E-state index contributed by atoms with van der Waals surface area (Å²) in [6, 6.07) is 0. The fourth-order valence-corrected chi connectivity index (χ4v) is 11.4. The Morgan fingerprint density at radius 2 is 0.625 bits per heavy atom. The third-order valence-corrected chi connectivity index (χ3v) is 17.5. The highest BCUT2D eigenvalue weighted by Crippen LogP contribution is 2.61. The van der Waals surface area contributed by atoms with Gasteiger partial charge in [0.25, 0.3) is 0 Å². The van der Waals surface area contributed by atoms with E-state index in [0.717, 1.165) is 80.0 Å². The Bertz CT molecular complexity index is 2530. The molecule has 2 aliphatic carbocycles. The zero-order valence-corrected chi connectivity index (χ0v) is 42.9. The van der Waals surface area contributed by atoms with Crippen LogP contribution in [0.1, 0.15) is 150 Å². The van der Waals surface area contributed by atoms with Crippen molar-refractivity contribution in [1.29, 1.82) is 0 Å². The topological polar surface area (TPSA) is 82.2 Å². The van der Waals surface area contributed by atoms with Crippen LogP contribution in [0.2, 0.25) is 0 Å². The van der Waals surface area contributed by atoms with E-state index in [9.17, 15) is 5.11 Å². The van der Waals surface area contributed by atoms with Crippen molar-refractivity contribution in [3.8, 4) is 23.0 Å². The van der Waals surface area contributed by atoms with Crippen LogP contribution in [0.15, 0.2) is 22.3 Å². The molecule has 2 unspecified atom stereocenters. The van der Waals surface area contributed by atoms with Crippen molar-refractivity contribution < 1.29 is 33.5 Å². The van der Waals surface area contributed by atoms with E-state index in [0.29, 0.717) is 13.2 Å². The van der Waals surface area contributed by atoms with Gasteiger partial charge in [0.05, 0.1) is 13.2 Å². The van der Waals surface area contributed by atoms with E-state index in [1.54, 1.807) is 0 Å². The second-order valence-electron chi connectivity index (χ2n) is 22.1. The maximum Gasteiger partial charge on any atom is 0.132 e. The van der Waals surface area contributed by atoms with Crippen LogP contribution < -0.4 is 18.9 Å². The molecule has 0 radical (unpaired) electrons. The number of aryl methyl sites for hydroxylation is 4. The van der Waals surface area contributed by atoms with E-state index in [1.807, 2.05) is 0 Å². The first-order valence-electron chi connectivity index (χ1n) is 23.7. The predicted octanol–water partition coefficient (Wildman–Crippen LogP) is 12.6. The number of allylic oxidation sites excluding steroid dienone is 4. The highest BCUT2D eigenvalue weighted by Gasteiger charge is 2.48. The Kier molecular flexibility index (Phi) is 11.3. The number of rotatable bonds is 12. The number of aliphatic hydroxyl groups is 1. The second-order valence-corrected chi connectivity index (χ2v) is 22.1. The lowest BCUT2D eigenvalue weighted by Gasteiger charge is -2.46. The van der Waals surface area contributed by atoms with Crippen molar-refractivity contribution in [1.82, 2.24) is 0 Å². The third-order valence-electron chi connectivity index (χ3n) is 17.5. The molecule has 1 N–H and O–H groups in total. The first kappa shape index (κ1) is 46.5. The minimum atomic E-state index is -0.945. The van der Waals surface area contributed by atoms with Crippen LogP contribution in [-0.4, -0.2) is 63.1 Å². The monoisotopic (exact) mass is 873 g/mol. The third kappa shape index (κ3) is 6.83. The molecule has 4 aromatic carbocycles. The van der Waals surface area contributed by atoms with Gasteiger partial charge in [0.2, 0.25) is 0 Å². The number of epoxide rings is 2. The molecule has 2 fully saturated rings. The van der Waals surface area contributed by atoms with Gasteiger partial charge in [0, 0.05) is 65.5 Å². The van der Waals surface area contributed by atoms with Crippen LogP contribution in [0.25, 0.3) is 21.5 Å². The lowest BCUT2D eigenvalue weighted by atomic mass is 9.59. The van der Waals surface area contributed by atoms with Crippen molar-refractivity contribution in [2.75, 3.05) is 39.6 Å². The molecule has 2 atom stereocenters. The SMILES string of the molecule is CC1=C(C)C(C)(C)c2c(c(OCC(O)COc3c4c(c(OCC5CO5)c5c(C)c(C)c(C)c(C)c35)C(C)(C)C(C)=C(C)C4(C)C)c3c(C)c(C)c(C)c(C)c3c2OCC2CO2)C1(C)C. The summed E-state index contributed by atoms with van der Waals surface area (Å²) >= 11 is 0. The van der Waals surface area contributed by atoms with Gasteiger partial charge in [-0.15, -0.1) is 0 Å². The van der Waals surface area contributed by atoms with Crippen molar-refractivity contribution in [2.24, 2.45) is 0 Å². The average Bonchev–Trinajstić information content (AvgIpc) is 4.19. The van der Waals surface area contributed by atoms with Gasteiger partial charge >= 0.3 is 0 Å². The number of fused-ring (bicyclic) bond motifs is 4. The summed E-state index contributed by atoms with van der Waals surface area (Å²) in [7, 11) is 0. The molecule has 0 saturated carbocycles. The standard InChI is InChI=1S/C57H76O7/c1-27-29(3)33(7)44-42(31(27)5)50(46-48(52(44)63-25-40-23-59-40)56(17,18)37(11)35(9)54(46,13)14)61-21-39(58)22-62-51-43-32(6)28(2)30(4)34(8)45(43)53(64-26-41-24-60-41)49-47(51)55(15,16)36(10)38(12)57(49,19)20/h39-41,58H,21-26H2,1-20H3. The molecule has 0 bridgehead atoms. The molecule has 4 aromatic rings. The van der Waals surface area contributed by atoms with Crippen LogP contribution >= 0.6 is 0 Å². The molecular formula is C57H76O7. The van der Waals surface area contributed by atoms with Crippen molar-refractivity contribution in [3.05, 3.63) is 89.1 Å². The number of aliphatic hydroxyl groups excluding tert-OH is 1. The van der Waals surface area contributed by atoms with E-state index in [2.05, 4.69) is 138 Å². The fourth-order valence-electron chi connectivity index (χ4n) is 11.4. The smallest absolute Gasteiger partial charge is 0.132 e. The summed E-state index contributed by atoms with van der Waals surface area (Å²) in [5, 5.41) is 16.6. The van der Waals surface area contributed by atoms with Gasteiger partial charge in [-0.2, -0.15) is 0 Å². The molecule has 64 heavy (non-hydrogen) atoms. The Morgan fingerprint density at radius 3 is 0.844 bits per heavy atom. The number of ether oxygens (including phenoxy) is 6. The van der Waals surface area contributed by atoms with E-state index in [1.165, 1.54) is 66.8 Å². The molecule has 8 rings (SSSR count). The Morgan fingerprint density at radius 1 is 0.406 bits per heavy atom. The summed E-state index contributed by atoms with van der Waals surface area (Å²) in [5.74, 6) is 3.52. The van der Waals surface area contributed by atoms with Crippen LogP contribution in [-0.2, 0) is 31.1 Å². The van der Waals surface area contributed by atoms with Crippen LogP contribution in [0.4, 0.5) is 0 Å². The van der Waals surface area contributed by atoms with E-state index >= 15 is 0 Å². The molecule has 0 spiro atoms. The maximum atomic E-state index is 12.3. The Balaban J connectivity index is 1.28. The molecule has 2 saturated heterocycles. The van der Waals surface area contributed by atoms with Gasteiger partial charge in [0.1, 0.15) is 67.7 Å². The van der Waals surface area contributed by atoms with Gasteiger partial charge < -0.3 is 33.5 Å². The van der Waals surface area contributed by atoms with Gasteiger partial charge in [-0.25, -0.2) is 0 Å². The van der Waals surface area contributed by atoms with Crippen LogP contribution in [0.3, 0.4) is 0 Å². The second kappa shape index (κ2) is 15.5. The lowest BCUT2D eigenvalue weighted by molar-refractivity contribution is 0.0622. The van der Waals surface area contributed by atoms with Crippen LogP contribution in [0.5, 0.6) is 23.0 Å². The highest BCUT2D eigenvalue weighted by molar-refractivity contribution is 6.04. The number of hydrogen-bond acceptors (Lipinski definition) is 7. The van der Waals surface area contributed by atoms with Crippen molar-refractivity contribution in [3.63, 3.8) is 0 Å². The molecule has 2 aliphatic heterocycles. The summed E-state index contributed by atoms with van der Waals surface area (Å²) < 4.78 is 39.7. The number of benzene rings is 4. The zero-order valence-electron chi connectivity index (χ0n) is 42.9. The Labute approximate surface area is 383 Å². The Hall–Kier alpha value is -4.04. The van der Waals surface area contributed by atoms with E-state index < -0.39 is 6.10 Å². The van der Waals surface area contributed by atoms with Crippen molar-refractivity contribution in [2.45, 2.75) is 178 Å². The summed E-state index contributed by atoms with van der Waals surface area (Å²) in [4.78, 5) is 0. The van der Waals surface area contributed by atoms with E-state index in [-0.39, 0.29) is 47.1 Å². The summed E-state index contributed by atoms with van der Waals surface area (Å²) in [5.41, 5.74) is 18.1. The predicted molar refractivity (Wildman–Crippen MR) is 262 cm³/mol. The summed E-state index contributed by atoms with van der Waals surface area (Å²) in [6.07, 6.45) is -0.736. The first-order chi connectivity index (χ1) is 29.7. The lowest BCUT2D eigenvalue weighted by Crippen LogP contribution is -2.38. The van der Waals surface area contributed by atoms with Gasteiger partial charge in [0.15, 0.2) is 0 Å². The molecule has 7 heteroatoms. The minimum absolute atomic E-state index is 0.0487. The average molecular weight is 873 g/mol. The van der Waals surface area contributed by atoms with Crippen LogP contribution in [0, 0.1) is 55.4 Å². The molecule has 0 aromatic heterocycles. The highest BCUT2D eigenvalue weighted by atomic mass is 16.6. The van der Waals surface area contributed by atoms with Gasteiger partial charge in [-0.3, -0.25) is 0 Å². The molecule has 0 amide bonds. The molecule has 2 heterocycles. The normalized spacial score (nSPS) is 21.8. The maximum absolute atomic E-state index is 12.3. The van der Waals surface area contributed by atoms with E-state index in [4.69, 9.17) is 28.4 Å². The molecule has 346 valence electrons. The summed E-state index contributed by atoms with van der Waals surface area (Å²) in [6.45, 7) is 47.8.